The van der Waals surface area contributed by atoms with Crippen LogP contribution in [0.1, 0.15) is 23.6 Å². The highest BCUT2D eigenvalue weighted by Gasteiger charge is 2.73. The molecular weight excluding hydrogens is 560 g/mol. The van der Waals surface area contributed by atoms with Crippen LogP contribution in [0.2, 0.25) is 0 Å². The smallest absolute Gasteiger partial charge is 0.457 e. The minimum Gasteiger partial charge on any atom is -0.457 e. The van der Waals surface area contributed by atoms with E-state index in [0.29, 0.717) is 24.3 Å². The van der Waals surface area contributed by atoms with Crippen LogP contribution in [0, 0.1) is 0 Å². The summed E-state index contributed by atoms with van der Waals surface area (Å²) in [5, 5.41) is 9.70. The van der Waals surface area contributed by atoms with Gasteiger partial charge in [-0.05, 0) is 47.9 Å². The zero-order valence-electron chi connectivity index (χ0n) is 20.7. The first-order chi connectivity index (χ1) is 18.5. The second-order valence-corrected chi connectivity index (χ2v) is 8.89. The molecule has 3 nitrogen and oxygen atoms in total. The van der Waals surface area contributed by atoms with Crippen LogP contribution in [0.3, 0.4) is 0 Å². The van der Waals surface area contributed by atoms with Gasteiger partial charge in [-0.2, -0.15) is 43.9 Å². The molecule has 3 rings (SSSR count). The molecule has 0 saturated carbocycles. The lowest BCUT2D eigenvalue weighted by Crippen LogP contribution is -2.50. The van der Waals surface area contributed by atoms with E-state index in [1.165, 1.54) is 24.3 Å². The number of hydrogen-bond donors (Lipinski definition) is 1. The Morgan fingerprint density at radius 1 is 0.750 bits per heavy atom. The highest BCUT2D eigenvalue weighted by molar-refractivity contribution is 5.52. The summed E-state index contributed by atoms with van der Waals surface area (Å²) in [6.45, 7) is 0.139. The number of hydrogen-bond acceptors (Lipinski definition) is 3. The molecule has 0 aliphatic rings. The van der Waals surface area contributed by atoms with Crippen molar-refractivity contribution in [3.63, 3.8) is 0 Å². The lowest BCUT2D eigenvalue weighted by molar-refractivity contribution is -0.359. The van der Waals surface area contributed by atoms with E-state index in [9.17, 15) is 49.0 Å². The van der Waals surface area contributed by atoms with Crippen molar-refractivity contribution in [2.45, 2.75) is 50.2 Å². The third-order valence-corrected chi connectivity index (χ3v) is 5.91. The van der Waals surface area contributed by atoms with Crippen LogP contribution in [0.5, 0.6) is 11.5 Å². The normalized spacial score (nSPS) is 13.7. The number of halogens is 10. The van der Waals surface area contributed by atoms with Gasteiger partial charge in [0, 0.05) is 23.9 Å². The molecule has 0 saturated heterocycles. The maximum absolute atomic E-state index is 14.3. The molecule has 0 unspecified atom stereocenters. The van der Waals surface area contributed by atoms with Gasteiger partial charge in [0.1, 0.15) is 11.5 Å². The fourth-order valence-electron chi connectivity index (χ4n) is 3.73. The van der Waals surface area contributed by atoms with Gasteiger partial charge in [0.15, 0.2) is 6.10 Å². The minimum absolute atomic E-state index is 0.0187. The Morgan fingerprint density at radius 3 is 1.93 bits per heavy atom. The number of benzene rings is 3. The van der Waals surface area contributed by atoms with Gasteiger partial charge in [0.2, 0.25) is 0 Å². The molecular formula is C27H23F10NO2. The van der Waals surface area contributed by atoms with Crippen LogP contribution < -0.4 is 9.64 Å². The molecule has 0 aromatic heterocycles. The van der Waals surface area contributed by atoms with Crippen molar-refractivity contribution in [2.75, 3.05) is 11.4 Å². The van der Waals surface area contributed by atoms with Crippen molar-refractivity contribution in [1.29, 1.82) is 0 Å². The summed E-state index contributed by atoms with van der Waals surface area (Å²) in [4.78, 5) is 0.909. The Hall–Kier alpha value is -3.48. The fourth-order valence-corrected chi connectivity index (χ4v) is 3.73. The summed E-state index contributed by atoms with van der Waals surface area (Å²) in [5.41, 5.74) is -1.04. The molecule has 0 spiro atoms. The monoisotopic (exact) mass is 583 g/mol. The second-order valence-electron chi connectivity index (χ2n) is 8.89. The van der Waals surface area contributed by atoms with Crippen molar-refractivity contribution in [2.24, 2.45) is 0 Å². The number of anilines is 1. The summed E-state index contributed by atoms with van der Waals surface area (Å²) in [7, 11) is 0. The molecule has 0 bridgehead atoms. The maximum atomic E-state index is 14.3. The van der Waals surface area contributed by atoms with Crippen molar-refractivity contribution >= 4 is 5.69 Å². The van der Waals surface area contributed by atoms with Crippen LogP contribution in [0.25, 0.3) is 0 Å². The first-order valence-electron chi connectivity index (χ1n) is 11.7. The first-order valence-corrected chi connectivity index (χ1v) is 11.7. The van der Waals surface area contributed by atoms with Crippen LogP contribution in [-0.2, 0) is 18.9 Å². The number of aliphatic hydroxyl groups is 1. The molecule has 1 N–H and O–H groups in total. The maximum Gasteiger partial charge on any atom is 0.460 e. The molecule has 218 valence electrons. The van der Waals surface area contributed by atoms with E-state index >= 15 is 0 Å². The summed E-state index contributed by atoms with van der Waals surface area (Å²) in [6.07, 6.45) is -13.8. The summed E-state index contributed by atoms with van der Waals surface area (Å²) >= 11 is 0. The Morgan fingerprint density at radius 2 is 1.32 bits per heavy atom. The van der Waals surface area contributed by atoms with Gasteiger partial charge in [0.25, 0.3) is 0 Å². The minimum atomic E-state index is -6.56. The van der Waals surface area contributed by atoms with Gasteiger partial charge in [-0.1, -0.05) is 43.3 Å². The van der Waals surface area contributed by atoms with E-state index in [0.717, 1.165) is 22.6 Å². The highest BCUT2D eigenvalue weighted by atomic mass is 19.4. The first kappa shape index (κ1) is 31.1. The molecule has 0 amide bonds. The van der Waals surface area contributed by atoms with Crippen LogP contribution in [0.4, 0.5) is 49.6 Å². The molecule has 0 fully saturated rings. The third-order valence-electron chi connectivity index (χ3n) is 5.91. The van der Waals surface area contributed by atoms with Crippen molar-refractivity contribution < 1.29 is 53.7 Å². The average Bonchev–Trinajstić information content (AvgIpc) is 2.87. The van der Waals surface area contributed by atoms with Crippen LogP contribution in [0.15, 0.2) is 72.8 Å². The number of alkyl halides is 10. The quantitative estimate of drug-likeness (QED) is 0.244. The fraction of sp³-hybridized carbons (Fsp3) is 0.333. The summed E-state index contributed by atoms with van der Waals surface area (Å²) < 4.78 is 139. The van der Waals surface area contributed by atoms with E-state index in [1.807, 2.05) is 13.0 Å². The topological polar surface area (TPSA) is 32.7 Å². The second kappa shape index (κ2) is 11.6. The molecule has 3 aromatic rings. The largest absolute Gasteiger partial charge is 0.460 e. The molecule has 0 aliphatic carbocycles. The number of aryl methyl sites for hydroxylation is 1. The molecule has 40 heavy (non-hydrogen) atoms. The van der Waals surface area contributed by atoms with Gasteiger partial charge in [0.05, 0.1) is 6.54 Å². The highest BCUT2D eigenvalue weighted by Crippen LogP contribution is 2.51. The summed E-state index contributed by atoms with van der Waals surface area (Å²) in [6, 6.07) is 15.0. The molecule has 1 atom stereocenters. The molecule has 13 heteroatoms. The average molecular weight is 583 g/mol. The van der Waals surface area contributed by atoms with E-state index in [2.05, 4.69) is 0 Å². The van der Waals surface area contributed by atoms with Gasteiger partial charge >= 0.3 is 24.2 Å². The molecule has 0 heterocycles. The Balaban J connectivity index is 1.96. The van der Waals surface area contributed by atoms with E-state index in [1.54, 1.807) is 18.2 Å². The third kappa shape index (κ3) is 6.98. The summed E-state index contributed by atoms with van der Waals surface area (Å²) in [5.74, 6) is -11.5. The number of rotatable bonds is 10. The van der Waals surface area contributed by atoms with E-state index in [-0.39, 0.29) is 17.0 Å². The Kier molecular flexibility index (Phi) is 8.97. The molecule has 0 aliphatic heterocycles. The molecule has 3 aromatic carbocycles. The van der Waals surface area contributed by atoms with Gasteiger partial charge < -0.3 is 14.7 Å². The van der Waals surface area contributed by atoms with Crippen molar-refractivity contribution in [3.05, 3.63) is 89.5 Å². The predicted molar refractivity (Wildman–Crippen MR) is 127 cm³/mol. The molecule has 0 radical (unpaired) electrons. The lowest BCUT2D eigenvalue weighted by atomic mass is 9.99. The van der Waals surface area contributed by atoms with Crippen LogP contribution in [-0.4, -0.2) is 36.0 Å². The zero-order chi connectivity index (χ0) is 29.9. The van der Waals surface area contributed by atoms with Gasteiger partial charge in [-0.25, -0.2) is 0 Å². The number of ether oxygens (including phenoxy) is 1. The lowest BCUT2D eigenvalue weighted by Gasteiger charge is -2.30. The number of nitrogens with zero attached hydrogens (tertiary/aromatic N) is 1. The predicted octanol–water partition coefficient (Wildman–Crippen LogP) is 8.26. The van der Waals surface area contributed by atoms with E-state index in [4.69, 9.17) is 4.74 Å². The SMILES string of the molecule is CCc1cccc(Oc2cccc(N(Cc3cccc(C(F)(F)C(F)(F)C(F)(F)F)c3)C[C@@H](O)C(F)(F)F)c2)c1. The van der Waals surface area contributed by atoms with Crippen LogP contribution >= 0.6 is 0 Å². The van der Waals surface area contributed by atoms with E-state index < -0.39 is 49.0 Å². The standard InChI is InChI=1S/C27H23F10NO2/c1-2-17-6-4-10-21(13-17)40-22-11-5-9-20(14-22)38(16-23(39)25(30,31)32)15-18-7-3-8-19(12-18)24(28,29)26(33,34)27(35,36)37/h3-14,23,39H,2,15-16H2,1H3/t23-/m1/s1. The van der Waals surface area contributed by atoms with Crippen molar-refractivity contribution in [1.82, 2.24) is 0 Å². The Labute approximate surface area is 222 Å². The number of aliphatic hydroxyl groups excluding tert-OH is 1. The van der Waals surface area contributed by atoms with Crippen molar-refractivity contribution in [3.8, 4) is 11.5 Å². The van der Waals surface area contributed by atoms with Gasteiger partial charge in [-0.3, -0.25) is 0 Å². The van der Waals surface area contributed by atoms with Gasteiger partial charge in [-0.15, -0.1) is 0 Å². The zero-order valence-corrected chi connectivity index (χ0v) is 20.7. The Bertz CT molecular complexity index is 1290.